The number of para-hydroxylation sites is 2. The van der Waals surface area contributed by atoms with Crippen molar-refractivity contribution in [1.82, 2.24) is 18.7 Å². The Hall–Kier alpha value is -7.39. The van der Waals surface area contributed by atoms with Crippen molar-refractivity contribution in [3.63, 3.8) is 0 Å². The number of hydrogen-bond acceptors (Lipinski definition) is 3. The molecule has 286 valence electrons. The number of ether oxygens (including phenoxy) is 2. The first-order valence-corrected chi connectivity index (χ1v) is 19.5. The van der Waals surface area contributed by atoms with Crippen LogP contribution >= 0.6 is 0 Å². The minimum atomic E-state index is 0. The molecule has 6 nitrogen and oxygen atoms in total. The van der Waals surface area contributed by atoms with E-state index < -0.39 is 0 Å². The molecular formula is C53H34N4O2Pd+2. The third kappa shape index (κ3) is 6.30. The van der Waals surface area contributed by atoms with Crippen LogP contribution in [0.4, 0.5) is 22.7 Å². The number of rotatable bonds is 8. The average molecular weight is 865 g/mol. The normalized spacial score (nSPS) is 11.9. The third-order valence-electron chi connectivity index (χ3n) is 10.9. The van der Waals surface area contributed by atoms with Gasteiger partial charge >= 0.3 is 32.1 Å². The Morgan fingerprint density at radius 3 is 2.02 bits per heavy atom. The Kier molecular flexibility index (Phi) is 9.48. The third-order valence-corrected chi connectivity index (χ3v) is 10.9. The summed E-state index contributed by atoms with van der Waals surface area (Å²) in [5, 5.41) is 4.42. The molecule has 0 N–H and O–H groups in total. The van der Waals surface area contributed by atoms with Crippen molar-refractivity contribution in [2.45, 2.75) is 0 Å². The molecule has 0 atom stereocenters. The van der Waals surface area contributed by atoms with Gasteiger partial charge in [-0.25, -0.2) is 4.98 Å². The minimum absolute atomic E-state index is 0. The molecule has 2 aromatic heterocycles. The van der Waals surface area contributed by atoms with Crippen LogP contribution in [0.15, 0.2) is 188 Å². The molecule has 0 amide bonds. The second-order valence-electron chi connectivity index (χ2n) is 14.4. The standard InChI is InChI=1S/C53H34N4O2.Pd/c1-58-40-30-31-54-51(34-40)57-48-25-11-10-22-46(48)47-28-27-42(33-50(47)57)59-41-20-12-19-39(32-41)55-35-56(53-45-21-9-8-18-38(45)26-29-49(53)55)52-43(36-14-4-2-5-15-36)23-13-24-44(52)37-16-6-3-7-17-37;/h2-31,34H,1H3;/q;+2. The minimum Gasteiger partial charge on any atom is -0.509 e. The predicted molar refractivity (Wildman–Crippen MR) is 238 cm³/mol. The molecule has 7 heteroatoms. The molecule has 60 heavy (non-hydrogen) atoms. The van der Waals surface area contributed by atoms with Gasteiger partial charge in [-0.15, -0.1) is 23.6 Å². The van der Waals surface area contributed by atoms with E-state index >= 15 is 0 Å². The summed E-state index contributed by atoms with van der Waals surface area (Å²) in [5.41, 5.74) is 10.2. The van der Waals surface area contributed by atoms with Crippen LogP contribution in [0.2, 0.25) is 0 Å². The van der Waals surface area contributed by atoms with Crippen molar-refractivity contribution >= 4 is 61.3 Å². The van der Waals surface area contributed by atoms with Crippen LogP contribution in [-0.2, 0) is 20.4 Å². The topological polar surface area (TPSA) is 42.3 Å². The van der Waals surface area contributed by atoms with Crippen molar-refractivity contribution in [2.75, 3.05) is 7.11 Å². The van der Waals surface area contributed by atoms with Gasteiger partial charge in [-0.1, -0.05) is 125 Å². The van der Waals surface area contributed by atoms with Crippen LogP contribution in [0.1, 0.15) is 0 Å². The first kappa shape index (κ1) is 36.9. The van der Waals surface area contributed by atoms with E-state index in [1.165, 1.54) is 0 Å². The Labute approximate surface area is 360 Å². The summed E-state index contributed by atoms with van der Waals surface area (Å²) in [6, 6.07) is 73.6. The number of aromatic nitrogens is 2. The molecule has 3 heterocycles. The van der Waals surface area contributed by atoms with E-state index in [0.717, 1.165) is 89.1 Å². The van der Waals surface area contributed by atoms with Crippen molar-refractivity contribution in [3.05, 3.63) is 200 Å². The van der Waals surface area contributed by atoms with E-state index in [0.29, 0.717) is 11.5 Å². The molecule has 0 saturated heterocycles. The molecule has 0 spiro atoms. The van der Waals surface area contributed by atoms with E-state index in [4.69, 9.17) is 14.5 Å². The fourth-order valence-electron chi connectivity index (χ4n) is 8.26. The molecule has 1 aliphatic heterocycles. The summed E-state index contributed by atoms with van der Waals surface area (Å²) < 4.78 is 18.6. The number of fused-ring (bicyclic) bond motifs is 6. The van der Waals surface area contributed by atoms with Gasteiger partial charge in [-0.3, -0.25) is 0 Å². The van der Waals surface area contributed by atoms with Gasteiger partial charge in [0.15, 0.2) is 0 Å². The first-order valence-electron chi connectivity index (χ1n) is 19.5. The molecule has 0 unspecified atom stereocenters. The zero-order valence-corrected chi connectivity index (χ0v) is 33.9. The SMILES string of the molecule is COc1ccnc(-n2c3[c-]c(Oc4[c-]c([N+]5=C=[N+](c6c(-c7ccccc7)cccc6-c6ccccc6)c6c5ccc5ccccc65)ccc4)ccc3c3ccccc32)c1.[Pd+2]. The van der Waals surface area contributed by atoms with Crippen LogP contribution in [0.5, 0.6) is 17.2 Å². The van der Waals surface area contributed by atoms with Gasteiger partial charge in [0, 0.05) is 35.3 Å². The van der Waals surface area contributed by atoms with Crippen molar-refractivity contribution < 1.29 is 29.9 Å². The number of methoxy groups -OCH3 is 1. The fraction of sp³-hybridized carbons (Fsp3) is 0.0189. The molecule has 11 rings (SSSR count). The molecule has 0 aliphatic carbocycles. The van der Waals surface area contributed by atoms with Crippen molar-refractivity contribution in [3.8, 4) is 45.3 Å². The summed E-state index contributed by atoms with van der Waals surface area (Å²) in [6.07, 6.45) is 1.76. The second kappa shape index (κ2) is 15.4. The zero-order valence-electron chi connectivity index (χ0n) is 32.3. The molecular weight excluding hydrogens is 831 g/mol. The van der Waals surface area contributed by atoms with Gasteiger partial charge in [0.1, 0.15) is 17.3 Å². The monoisotopic (exact) mass is 864 g/mol. The Bertz CT molecular complexity index is 3280. The van der Waals surface area contributed by atoms with Gasteiger partial charge < -0.3 is 14.0 Å². The fourth-order valence-corrected chi connectivity index (χ4v) is 8.26. The molecule has 1 aliphatic rings. The van der Waals surface area contributed by atoms with E-state index in [2.05, 4.69) is 165 Å². The van der Waals surface area contributed by atoms with Crippen molar-refractivity contribution in [2.24, 2.45) is 0 Å². The van der Waals surface area contributed by atoms with E-state index in [9.17, 15) is 0 Å². The summed E-state index contributed by atoms with van der Waals surface area (Å²) in [4.78, 5) is 4.71. The van der Waals surface area contributed by atoms with Crippen LogP contribution in [0, 0.1) is 12.1 Å². The second-order valence-corrected chi connectivity index (χ2v) is 14.4. The van der Waals surface area contributed by atoms with Gasteiger partial charge in [-0.2, -0.15) is 12.1 Å². The maximum absolute atomic E-state index is 6.60. The molecule has 0 radical (unpaired) electrons. The number of nitrogens with zero attached hydrogens (tertiary/aromatic N) is 4. The number of pyridine rings is 1. The summed E-state index contributed by atoms with van der Waals surface area (Å²) in [7, 11) is 1.66. The first-order chi connectivity index (χ1) is 29.2. The van der Waals surface area contributed by atoms with E-state index in [-0.39, 0.29) is 20.4 Å². The van der Waals surface area contributed by atoms with Gasteiger partial charge in [0.05, 0.1) is 23.6 Å². The summed E-state index contributed by atoms with van der Waals surface area (Å²) in [6.45, 7) is 0. The Balaban J connectivity index is 0.00000433. The van der Waals surface area contributed by atoms with E-state index in [1.807, 2.05) is 48.5 Å². The summed E-state index contributed by atoms with van der Waals surface area (Å²) in [5.74, 6) is 2.57. The average Bonchev–Trinajstić information content (AvgIpc) is 3.86. The molecule has 0 saturated carbocycles. The molecule has 0 fully saturated rings. The Morgan fingerprint density at radius 1 is 0.567 bits per heavy atom. The smallest absolute Gasteiger partial charge is 0.509 e. The Morgan fingerprint density at radius 2 is 1.25 bits per heavy atom. The molecule has 8 aromatic carbocycles. The molecule has 10 aromatic rings. The van der Waals surface area contributed by atoms with Gasteiger partial charge in [0.25, 0.3) is 5.69 Å². The van der Waals surface area contributed by atoms with Gasteiger partial charge in [0.2, 0.25) is 5.69 Å². The zero-order chi connectivity index (χ0) is 39.3. The predicted octanol–water partition coefficient (Wildman–Crippen LogP) is 12.9. The van der Waals surface area contributed by atoms with Gasteiger partial charge in [-0.05, 0) is 62.9 Å². The number of hydrogen-bond donors (Lipinski definition) is 0. The van der Waals surface area contributed by atoms with Crippen LogP contribution < -0.4 is 18.6 Å². The molecule has 0 bridgehead atoms. The van der Waals surface area contributed by atoms with Crippen LogP contribution in [0.25, 0.3) is 60.6 Å². The van der Waals surface area contributed by atoms with Crippen molar-refractivity contribution in [1.29, 1.82) is 0 Å². The maximum atomic E-state index is 6.60. The van der Waals surface area contributed by atoms with Crippen LogP contribution in [-0.4, -0.2) is 22.7 Å². The quantitative estimate of drug-likeness (QED) is 0.0868. The summed E-state index contributed by atoms with van der Waals surface area (Å²) >= 11 is 0. The maximum Gasteiger partial charge on any atom is 2.00 e. The largest absolute Gasteiger partial charge is 2.00 e. The van der Waals surface area contributed by atoms with Crippen LogP contribution in [0.3, 0.4) is 0 Å². The number of benzene rings is 8. The van der Waals surface area contributed by atoms with E-state index in [1.54, 1.807) is 13.3 Å².